The molecule has 2 aromatic carbocycles. The molecule has 4 N–H and O–H groups in total. The fourth-order valence-electron chi connectivity index (χ4n) is 2.62. The van der Waals surface area contributed by atoms with Crippen LogP contribution in [0.3, 0.4) is 0 Å². The number of hydrogen-bond acceptors (Lipinski definition) is 6. The average Bonchev–Trinajstić information content (AvgIpc) is 2.70. The molecule has 0 bridgehead atoms. The molecule has 0 aliphatic heterocycles. The largest absolute Gasteiger partial charge is 0.452 e. The van der Waals surface area contributed by atoms with Gasteiger partial charge in [-0.2, -0.15) is 0 Å². The fourth-order valence-corrected chi connectivity index (χ4v) is 3.42. The van der Waals surface area contributed by atoms with Gasteiger partial charge in [-0.3, -0.25) is 9.59 Å². The quantitative estimate of drug-likeness (QED) is 0.527. The number of sulfonamides is 1. The molecule has 2 amide bonds. The Bertz CT molecular complexity index is 1100. The molecule has 9 nitrogen and oxygen atoms in total. The molecular formula is C21H25N3O6S. The first kappa shape index (κ1) is 24.0. The number of para-hydroxylation sites is 1. The third-order valence-corrected chi connectivity index (χ3v) is 5.23. The molecular weight excluding hydrogens is 422 g/mol. The molecule has 2 aromatic rings. The first-order valence-corrected chi connectivity index (χ1v) is 11.0. The molecule has 166 valence electrons. The Morgan fingerprint density at radius 2 is 1.77 bits per heavy atom. The molecule has 0 radical (unpaired) electrons. The van der Waals surface area contributed by atoms with Crippen LogP contribution in [-0.4, -0.2) is 39.4 Å². The molecule has 31 heavy (non-hydrogen) atoms. The van der Waals surface area contributed by atoms with Crippen LogP contribution in [0.4, 0.5) is 5.69 Å². The Labute approximate surface area is 181 Å². The summed E-state index contributed by atoms with van der Waals surface area (Å²) in [6.45, 7) is 5.32. The Morgan fingerprint density at radius 1 is 1.10 bits per heavy atom. The minimum atomic E-state index is -4.01. The SMILES string of the molecule is Cc1ccc(C(=O)OCC(=O)Nc2ccccc2C(=O)NCC(C)C)cc1S(N)(=O)=O. The van der Waals surface area contributed by atoms with Crippen molar-refractivity contribution >= 4 is 33.5 Å². The Kier molecular flexibility index (Phi) is 7.89. The summed E-state index contributed by atoms with van der Waals surface area (Å²) in [5, 5.41) is 10.4. The normalized spacial score (nSPS) is 11.1. The van der Waals surface area contributed by atoms with Crippen LogP contribution in [0.2, 0.25) is 0 Å². The van der Waals surface area contributed by atoms with E-state index in [0.717, 1.165) is 6.07 Å². The predicted octanol–water partition coefficient (Wildman–Crippen LogP) is 1.82. The van der Waals surface area contributed by atoms with Gasteiger partial charge in [-0.15, -0.1) is 0 Å². The summed E-state index contributed by atoms with van der Waals surface area (Å²) in [6.07, 6.45) is 0. The summed E-state index contributed by atoms with van der Waals surface area (Å²) in [6, 6.07) is 10.3. The standard InChI is InChI=1S/C21H25N3O6S/c1-13(2)11-23-20(26)16-6-4-5-7-17(16)24-19(25)12-30-21(27)15-9-8-14(3)18(10-15)31(22,28)29/h4-10,13H,11-12H2,1-3H3,(H,23,26)(H,24,25)(H2,22,28,29). The molecule has 0 spiro atoms. The molecule has 0 saturated heterocycles. The van der Waals surface area contributed by atoms with E-state index < -0.39 is 28.5 Å². The zero-order valence-corrected chi connectivity index (χ0v) is 18.3. The van der Waals surface area contributed by atoms with Crippen molar-refractivity contribution in [3.8, 4) is 0 Å². The second-order valence-electron chi connectivity index (χ2n) is 7.30. The number of hydrogen-bond donors (Lipinski definition) is 3. The second-order valence-corrected chi connectivity index (χ2v) is 8.83. The van der Waals surface area contributed by atoms with E-state index in [-0.39, 0.29) is 33.5 Å². The topological polar surface area (TPSA) is 145 Å². The van der Waals surface area contributed by atoms with Crippen LogP contribution in [0.25, 0.3) is 0 Å². The number of aryl methyl sites for hydroxylation is 1. The van der Waals surface area contributed by atoms with Crippen molar-refractivity contribution in [3.05, 3.63) is 59.2 Å². The van der Waals surface area contributed by atoms with Crippen molar-refractivity contribution in [1.29, 1.82) is 0 Å². The summed E-state index contributed by atoms with van der Waals surface area (Å²) in [5.74, 6) is -1.61. The van der Waals surface area contributed by atoms with Crippen molar-refractivity contribution < 1.29 is 27.5 Å². The molecule has 10 heteroatoms. The molecule has 0 heterocycles. The number of carbonyl (C=O) groups excluding carboxylic acids is 3. The molecule has 0 fully saturated rings. The van der Waals surface area contributed by atoms with Crippen LogP contribution in [0, 0.1) is 12.8 Å². The van der Waals surface area contributed by atoms with Crippen LogP contribution in [0.1, 0.15) is 40.1 Å². The number of anilines is 1. The number of amides is 2. The van der Waals surface area contributed by atoms with Crippen molar-refractivity contribution in [2.75, 3.05) is 18.5 Å². The van der Waals surface area contributed by atoms with Crippen molar-refractivity contribution in [2.45, 2.75) is 25.7 Å². The summed E-state index contributed by atoms with van der Waals surface area (Å²) >= 11 is 0. The monoisotopic (exact) mass is 447 g/mol. The lowest BCUT2D eigenvalue weighted by molar-refractivity contribution is -0.119. The smallest absolute Gasteiger partial charge is 0.338 e. The van der Waals surface area contributed by atoms with Gasteiger partial charge in [0.2, 0.25) is 10.0 Å². The van der Waals surface area contributed by atoms with E-state index >= 15 is 0 Å². The maximum absolute atomic E-state index is 12.3. The number of benzene rings is 2. The molecule has 0 aliphatic rings. The van der Waals surface area contributed by atoms with E-state index in [1.165, 1.54) is 19.1 Å². The van der Waals surface area contributed by atoms with Gasteiger partial charge in [0.05, 0.1) is 21.7 Å². The fraction of sp³-hybridized carbons (Fsp3) is 0.286. The zero-order chi connectivity index (χ0) is 23.2. The van der Waals surface area contributed by atoms with Gasteiger partial charge in [-0.05, 0) is 42.7 Å². The van der Waals surface area contributed by atoms with Crippen molar-refractivity contribution in [1.82, 2.24) is 5.32 Å². The Morgan fingerprint density at radius 3 is 2.42 bits per heavy atom. The van der Waals surface area contributed by atoms with E-state index in [1.54, 1.807) is 24.3 Å². The maximum atomic E-state index is 12.3. The van der Waals surface area contributed by atoms with Crippen molar-refractivity contribution in [3.63, 3.8) is 0 Å². The minimum absolute atomic E-state index is 0.0594. The number of ether oxygens (including phenoxy) is 1. The van der Waals surface area contributed by atoms with E-state index in [1.807, 2.05) is 13.8 Å². The summed E-state index contributed by atoms with van der Waals surface area (Å²) < 4.78 is 28.2. The number of nitrogens with two attached hydrogens (primary N) is 1. The second kappa shape index (κ2) is 10.2. The van der Waals surface area contributed by atoms with Crippen LogP contribution in [0.15, 0.2) is 47.4 Å². The van der Waals surface area contributed by atoms with Gasteiger partial charge in [0.25, 0.3) is 11.8 Å². The van der Waals surface area contributed by atoms with Gasteiger partial charge < -0.3 is 15.4 Å². The van der Waals surface area contributed by atoms with E-state index in [2.05, 4.69) is 10.6 Å². The van der Waals surface area contributed by atoms with Crippen LogP contribution in [-0.2, 0) is 19.6 Å². The highest BCUT2D eigenvalue weighted by Gasteiger charge is 2.18. The minimum Gasteiger partial charge on any atom is -0.452 e. The molecule has 0 atom stereocenters. The highest BCUT2D eigenvalue weighted by atomic mass is 32.2. The molecule has 0 aliphatic carbocycles. The number of esters is 1. The van der Waals surface area contributed by atoms with E-state index in [9.17, 15) is 22.8 Å². The maximum Gasteiger partial charge on any atom is 0.338 e. The van der Waals surface area contributed by atoms with Crippen LogP contribution in [0.5, 0.6) is 0 Å². The van der Waals surface area contributed by atoms with Crippen LogP contribution < -0.4 is 15.8 Å². The molecule has 2 rings (SSSR count). The van der Waals surface area contributed by atoms with Gasteiger partial charge >= 0.3 is 5.97 Å². The number of rotatable bonds is 8. The van der Waals surface area contributed by atoms with Gasteiger partial charge in [-0.1, -0.05) is 32.0 Å². The number of nitrogens with one attached hydrogen (secondary N) is 2. The summed E-state index contributed by atoms with van der Waals surface area (Å²) in [7, 11) is -4.01. The van der Waals surface area contributed by atoms with E-state index in [0.29, 0.717) is 12.1 Å². The van der Waals surface area contributed by atoms with Crippen molar-refractivity contribution in [2.24, 2.45) is 11.1 Å². The van der Waals surface area contributed by atoms with Gasteiger partial charge in [0.15, 0.2) is 6.61 Å². The third-order valence-electron chi connectivity index (χ3n) is 4.18. The molecule has 0 aromatic heterocycles. The summed E-state index contributed by atoms with van der Waals surface area (Å²) in [5.41, 5.74) is 0.871. The first-order valence-electron chi connectivity index (χ1n) is 9.46. The number of carbonyl (C=O) groups is 3. The zero-order valence-electron chi connectivity index (χ0n) is 17.5. The summed E-state index contributed by atoms with van der Waals surface area (Å²) in [4.78, 5) is 36.6. The van der Waals surface area contributed by atoms with E-state index in [4.69, 9.17) is 9.88 Å². The third kappa shape index (κ3) is 6.90. The average molecular weight is 448 g/mol. The predicted molar refractivity (Wildman–Crippen MR) is 115 cm³/mol. The van der Waals surface area contributed by atoms with Gasteiger partial charge in [0, 0.05) is 6.54 Å². The van der Waals surface area contributed by atoms with Gasteiger partial charge in [0.1, 0.15) is 0 Å². The molecule has 0 saturated carbocycles. The Balaban J connectivity index is 2.03. The highest BCUT2D eigenvalue weighted by molar-refractivity contribution is 7.89. The molecule has 0 unspecified atom stereocenters. The van der Waals surface area contributed by atoms with Gasteiger partial charge in [-0.25, -0.2) is 18.4 Å². The highest BCUT2D eigenvalue weighted by Crippen LogP contribution is 2.17. The first-order chi connectivity index (χ1) is 14.5. The lowest BCUT2D eigenvalue weighted by Crippen LogP contribution is -2.29. The van der Waals surface area contributed by atoms with Crippen LogP contribution >= 0.6 is 0 Å². The Hall–Kier alpha value is -3.24. The lowest BCUT2D eigenvalue weighted by Gasteiger charge is -2.13. The number of primary sulfonamides is 1. The lowest BCUT2D eigenvalue weighted by atomic mass is 10.1.